The number of carbonyl (C=O) groups is 1. The van der Waals surface area contributed by atoms with Gasteiger partial charge in [0.2, 0.25) is 5.91 Å². The van der Waals surface area contributed by atoms with Crippen molar-refractivity contribution in [1.82, 2.24) is 10.6 Å². The molecule has 1 aliphatic rings. The molecule has 2 rings (SSSR count). The third-order valence-corrected chi connectivity index (χ3v) is 3.03. The normalized spacial score (nSPS) is 14.9. The van der Waals surface area contributed by atoms with Gasteiger partial charge in [0, 0.05) is 31.3 Å². The van der Waals surface area contributed by atoms with Crippen LogP contribution in [0.15, 0.2) is 24.3 Å². The highest BCUT2D eigenvalue weighted by Crippen LogP contribution is 2.17. The topological polar surface area (TPSA) is 84.3 Å². The van der Waals surface area contributed by atoms with Crippen molar-refractivity contribution < 1.29 is 9.72 Å². The van der Waals surface area contributed by atoms with Gasteiger partial charge in [-0.25, -0.2) is 0 Å². The summed E-state index contributed by atoms with van der Waals surface area (Å²) in [4.78, 5) is 21.9. The van der Waals surface area contributed by atoms with Crippen LogP contribution in [0.25, 0.3) is 0 Å². The molecule has 1 amide bonds. The molecule has 0 bridgehead atoms. The maximum Gasteiger partial charge on any atom is 0.272 e. The van der Waals surface area contributed by atoms with Gasteiger partial charge in [-0.1, -0.05) is 18.2 Å². The summed E-state index contributed by atoms with van der Waals surface area (Å²) in [7, 11) is 0. The number of nitrogens with one attached hydrogen (secondary N) is 2. The van der Waals surface area contributed by atoms with Crippen molar-refractivity contribution in [2.75, 3.05) is 19.6 Å². The molecule has 0 radical (unpaired) electrons. The summed E-state index contributed by atoms with van der Waals surface area (Å²) in [5.74, 6) is 0.0723. The van der Waals surface area contributed by atoms with Crippen molar-refractivity contribution in [1.29, 1.82) is 0 Å². The minimum Gasteiger partial charge on any atom is -0.355 e. The molecule has 1 saturated heterocycles. The molecule has 18 heavy (non-hydrogen) atoms. The molecule has 0 aliphatic carbocycles. The number of nitro benzene ring substituents is 1. The van der Waals surface area contributed by atoms with Gasteiger partial charge in [-0.2, -0.15) is 0 Å². The van der Waals surface area contributed by atoms with E-state index >= 15 is 0 Å². The summed E-state index contributed by atoms with van der Waals surface area (Å²) in [6.07, 6.45) is 0.475. The van der Waals surface area contributed by atoms with Gasteiger partial charge < -0.3 is 10.6 Å². The van der Waals surface area contributed by atoms with Crippen molar-refractivity contribution in [3.05, 3.63) is 39.9 Å². The maximum atomic E-state index is 11.5. The lowest BCUT2D eigenvalue weighted by atomic mass is 10.0. The number of carbonyl (C=O) groups excluding carboxylic acids is 1. The number of amides is 1. The molecule has 0 aromatic heterocycles. The molecule has 0 saturated carbocycles. The summed E-state index contributed by atoms with van der Waals surface area (Å²) in [6.45, 7) is 1.87. The standard InChI is InChI=1S/C12H15N3O3/c16-12(10-7-13-8-10)14-6-5-9-3-1-2-4-11(9)15(17)18/h1-4,10,13H,5-8H2,(H,14,16). The van der Waals surface area contributed by atoms with E-state index in [1.165, 1.54) is 6.07 Å². The monoisotopic (exact) mass is 249 g/mol. The van der Waals surface area contributed by atoms with E-state index < -0.39 is 4.92 Å². The molecule has 1 aromatic rings. The van der Waals surface area contributed by atoms with Crippen molar-refractivity contribution in [2.24, 2.45) is 5.92 Å². The van der Waals surface area contributed by atoms with E-state index in [9.17, 15) is 14.9 Å². The van der Waals surface area contributed by atoms with Crippen molar-refractivity contribution >= 4 is 11.6 Å². The first-order chi connectivity index (χ1) is 8.68. The fourth-order valence-corrected chi connectivity index (χ4v) is 1.84. The summed E-state index contributed by atoms with van der Waals surface area (Å²) in [6, 6.07) is 6.60. The van der Waals surface area contributed by atoms with Gasteiger partial charge in [0.1, 0.15) is 0 Å². The second-order valence-corrected chi connectivity index (χ2v) is 4.28. The Hall–Kier alpha value is -1.95. The van der Waals surface area contributed by atoms with Crippen LogP contribution in [-0.4, -0.2) is 30.5 Å². The third kappa shape index (κ3) is 2.84. The van der Waals surface area contributed by atoms with Gasteiger partial charge in [0.15, 0.2) is 0 Å². The molecule has 2 N–H and O–H groups in total. The van der Waals surface area contributed by atoms with Gasteiger partial charge in [0.25, 0.3) is 5.69 Å². The largest absolute Gasteiger partial charge is 0.355 e. The Kier molecular flexibility index (Phi) is 3.88. The second kappa shape index (κ2) is 5.59. The summed E-state index contributed by atoms with van der Waals surface area (Å²) in [5, 5.41) is 16.6. The van der Waals surface area contributed by atoms with Crippen LogP contribution in [0.3, 0.4) is 0 Å². The van der Waals surface area contributed by atoms with Crippen LogP contribution in [0, 0.1) is 16.0 Å². The molecule has 6 nitrogen and oxygen atoms in total. The lowest BCUT2D eigenvalue weighted by Gasteiger charge is -2.25. The molecule has 1 heterocycles. The summed E-state index contributed by atoms with van der Waals surface area (Å²) in [5.41, 5.74) is 0.756. The molecule has 96 valence electrons. The Morgan fingerprint density at radius 2 is 2.17 bits per heavy atom. The minimum absolute atomic E-state index is 0.0207. The Balaban J connectivity index is 1.86. The van der Waals surface area contributed by atoms with E-state index in [-0.39, 0.29) is 17.5 Å². The van der Waals surface area contributed by atoms with Crippen LogP contribution in [-0.2, 0) is 11.2 Å². The lowest BCUT2D eigenvalue weighted by Crippen LogP contribution is -2.51. The van der Waals surface area contributed by atoms with Crippen LogP contribution in [0.4, 0.5) is 5.69 Å². The highest BCUT2D eigenvalue weighted by molar-refractivity contribution is 5.80. The van der Waals surface area contributed by atoms with Crippen LogP contribution < -0.4 is 10.6 Å². The Morgan fingerprint density at radius 1 is 1.44 bits per heavy atom. The van der Waals surface area contributed by atoms with Gasteiger partial charge in [-0.3, -0.25) is 14.9 Å². The molecule has 0 unspecified atom stereocenters. The van der Waals surface area contributed by atoms with Crippen molar-refractivity contribution in [3.8, 4) is 0 Å². The Labute approximate surface area is 105 Å². The predicted octanol–water partition coefficient (Wildman–Crippen LogP) is 0.473. The fraction of sp³-hybridized carbons (Fsp3) is 0.417. The number of benzene rings is 1. The minimum atomic E-state index is -0.396. The molecule has 1 aliphatic heterocycles. The zero-order valence-corrected chi connectivity index (χ0v) is 9.89. The average Bonchev–Trinajstić information content (AvgIpc) is 2.27. The molecule has 1 fully saturated rings. The average molecular weight is 249 g/mol. The van der Waals surface area contributed by atoms with Gasteiger partial charge in [-0.15, -0.1) is 0 Å². The number of rotatable bonds is 5. The zero-order chi connectivity index (χ0) is 13.0. The molecule has 6 heteroatoms. The van der Waals surface area contributed by atoms with E-state index in [0.29, 0.717) is 18.5 Å². The number of para-hydroxylation sites is 1. The van der Waals surface area contributed by atoms with Crippen LogP contribution in [0.2, 0.25) is 0 Å². The van der Waals surface area contributed by atoms with Crippen molar-refractivity contribution in [2.45, 2.75) is 6.42 Å². The first kappa shape index (κ1) is 12.5. The van der Waals surface area contributed by atoms with Gasteiger partial charge in [0.05, 0.1) is 10.8 Å². The summed E-state index contributed by atoms with van der Waals surface area (Å²) >= 11 is 0. The zero-order valence-electron chi connectivity index (χ0n) is 9.89. The van der Waals surface area contributed by atoms with E-state index in [2.05, 4.69) is 10.6 Å². The maximum absolute atomic E-state index is 11.5. The van der Waals surface area contributed by atoms with Gasteiger partial charge >= 0.3 is 0 Å². The quantitative estimate of drug-likeness (QED) is 0.587. The second-order valence-electron chi connectivity index (χ2n) is 4.28. The van der Waals surface area contributed by atoms with Crippen LogP contribution in [0.5, 0.6) is 0 Å². The smallest absolute Gasteiger partial charge is 0.272 e. The SMILES string of the molecule is O=C(NCCc1ccccc1[N+](=O)[O-])C1CNC1. The predicted molar refractivity (Wildman–Crippen MR) is 66.2 cm³/mol. The third-order valence-electron chi connectivity index (χ3n) is 3.03. The highest BCUT2D eigenvalue weighted by atomic mass is 16.6. The van der Waals surface area contributed by atoms with E-state index in [0.717, 1.165) is 13.1 Å². The van der Waals surface area contributed by atoms with Crippen LogP contribution >= 0.6 is 0 Å². The first-order valence-electron chi connectivity index (χ1n) is 5.89. The molecule has 1 aromatic carbocycles. The fourth-order valence-electron chi connectivity index (χ4n) is 1.84. The van der Waals surface area contributed by atoms with E-state index in [1.54, 1.807) is 18.2 Å². The lowest BCUT2D eigenvalue weighted by molar-refractivity contribution is -0.385. The number of nitrogens with zero attached hydrogens (tertiary/aromatic N) is 1. The number of nitro groups is 1. The van der Waals surface area contributed by atoms with Gasteiger partial charge in [-0.05, 0) is 6.42 Å². The molecular formula is C12H15N3O3. The first-order valence-corrected chi connectivity index (χ1v) is 5.89. The molecule has 0 spiro atoms. The Bertz CT molecular complexity index is 458. The Morgan fingerprint density at radius 3 is 2.78 bits per heavy atom. The van der Waals surface area contributed by atoms with Crippen LogP contribution in [0.1, 0.15) is 5.56 Å². The summed E-state index contributed by atoms with van der Waals surface area (Å²) < 4.78 is 0. The number of hydrogen-bond donors (Lipinski definition) is 2. The van der Waals surface area contributed by atoms with E-state index in [4.69, 9.17) is 0 Å². The molecule has 0 atom stereocenters. The highest BCUT2D eigenvalue weighted by Gasteiger charge is 2.24. The van der Waals surface area contributed by atoms with Crippen molar-refractivity contribution in [3.63, 3.8) is 0 Å². The van der Waals surface area contributed by atoms with E-state index in [1.807, 2.05) is 0 Å². The number of hydrogen-bond acceptors (Lipinski definition) is 4. The molecular weight excluding hydrogens is 234 g/mol.